The van der Waals surface area contributed by atoms with Gasteiger partial charge in [0.25, 0.3) is 0 Å². The van der Waals surface area contributed by atoms with Crippen LogP contribution in [0.1, 0.15) is 30.0 Å². The van der Waals surface area contributed by atoms with E-state index in [4.69, 9.17) is 0 Å². The second-order valence-corrected chi connectivity index (χ2v) is 7.80. The summed E-state index contributed by atoms with van der Waals surface area (Å²) in [5.74, 6) is -4.82. The van der Waals surface area contributed by atoms with Gasteiger partial charge >= 0.3 is 0 Å². The van der Waals surface area contributed by atoms with E-state index in [1.54, 1.807) is 12.1 Å². The van der Waals surface area contributed by atoms with Crippen molar-refractivity contribution >= 4 is 10.8 Å². The number of rotatable bonds is 6. The maximum atomic E-state index is 15.1. The van der Waals surface area contributed by atoms with E-state index in [1.165, 1.54) is 17.2 Å². The first kappa shape index (κ1) is 21.1. The van der Waals surface area contributed by atoms with Crippen LogP contribution in [-0.4, -0.2) is 0 Å². The zero-order chi connectivity index (χ0) is 22.0. The average Bonchev–Trinajstić information content (AvgIpc) is 2.77. The van der Waals surface area contributed by atoms with Crippen molar-refractivity contribution in [2.24, 2.45) is 0 Å². The summed E-state index contributed by atoms with van der Waals surface area (Å²) in [4.78, 5) is 0. The molecular weight excluding hydrogens is 400 g/mol. The number of benzene rings is 4. The van der Waals surface area contributed by atoms with Gasteiger partial charge < -0.3 is 0 Å². The van der Waals surface area contributed by atoms with Gasteiger partial charge in [-0.1, -0.05) is 67.9 Å². The quantitative estimate of drug-likeness (QED) is 0.220. The van der Waals surface area contributed by atoms with Crippen molar-refractivity contribution in [3.63, 3.8) is 0 Å². The van der Waals surface area contributed by atoms with Gasteiger partial charge in [0.2, 0.25) is 0 Å². The molecule has 0 aliphatic rings. The van der Waals surface area contributed by atoms with Crippen LogP contribution in [-0.2, 0) is 19.3 Å². The fourth-order valence-electron chi connectivity index (χ4n) is 3.88. The van der Waals surface area contributed by atoms with Gasteiger partial charge in [-0.25, -0.2) is 17.6 Å². The summed E-state index contributed by atoms with van der Waals surface area (Å²) in [5, 5.41) is 1.07. The van der Waals surface area contributed by atoms with Gasteiger partial charge in [-0.3, -0.25) is 0 Å². The molecule has 0 amide bonds. The maximum absolute atomic E-state index is 15.1. The normalized spacial score (nSPS) is 11.3. The Morgan fingerprint density at radius 3 is 1.81 bits per heavy atom. The van der Waals surface area contributed by atoms with Crippen LogP contribution < -0.4 is 0 Å². The predicted octanol–water partition coefficient (Wildman–Crippen LogP) is 7.80. The topological polar surface area (TPSA) is 0 Å². The lowest BCUT2D eigenvalue weighted by Crippen LogP contribution is -1.95. The van der Waals surface area contributed by atoms with Crippen LogP contribution in [0.25, 0.3) is 21.9 Å². The second kappa shape index (κ2) is 8.93. The Labute approximate surface area is 179 Å². The first-order valence-corrected chi connectivity index (χ1v) is 10.4. The zero-order valence-electron chi connectivity index (χ0n) is 17.2. The first-order valence-electron chi connectivity index (χ1n) is 10.4. The van der Waals surface area contributed by atoms with Gasteiger partial charge in [0.1, 0.15) is 5.82 Å². The molecule has 0 nitrogen and oxygen atoms in total. The Morgan fingerprint density at radius 2 is 1.16 bits per heavy atom. The van der Waals surface area contributed by atoms with E-state index in [9.17, 15) is 13.2 Å². The molecule has 0 spiro atoms. The van der Waals surface area contributed by atoms with E-state index in [0.29, 0.717) is 10.8 Å². The Balaban J connectivity index is 1.57. The van der Waals surface area contributed by atoms with Crippen LogP contribution in [0.5, 0.6) is 0 Å². The summed E-state index contributed by atoms with van der Waals surface area (Å²) in [5.41, 5.74) is 3.67. The van der Waals surface area contributed by atoms with Crippen molar-refractivity contribution in [2.75, 3.05) is 0 Å². The molecule has 0 aliphatic heterocycles. The molecule has 0 atom stereocenters. The molecule has 0 radical (unpaired) electrons. The maximum Gasteiger partial charge on any atom is 0.194 e. The van der Waals surface area contributed by atoms with Crippen molar-refractivity contribution in [1.82, 2.24) is 0 Å². The smallest absolute Gasteiger partial charge is 0.194 e. The Kier molecular flexibility index (Phi) is 6.08. The number of aryl methyl sites for hydroxylation is 3. The number of hydrogen-bond donors (Lipinski definition) is 0. The van der Waals surface area contributed by atoms with Crippen molar-refractivity contribution in [2.45, 2.75) is 32.6 Å². The van der Waals surface area contributed by atoms with Crippen LogP contribution in [0.15, 0.2) is 66.7 Å². The molecule has 0 saturated carbocycles. The van der Waals surface area contributed by atoms with E-state index in [-0.39, 0.29) is 11.1 Å². The van der Waals surface area contributed by atoms with Gasteiger partial charge in [-0.2, -0.15) is 0 Å². The molecule has 4 aromatic carbocycles. The van der Waals surface area contributed by atoms with Crippen molar-refractivity contribution in [1.29, 1.82) is 0 Å². The summed E-state index contributed by atoms with van der Waals surface area (Å²) >= 11 is 0. The van der Waals surface area contributed by atoms with E-state index in [0.717, 1.165) is 43.4 Å². The Morgan fingerprint density at radius 1 is 0.581 bits per heavy atom. The predicted molar refractivity (Wildman–Crippen MR) is 117 cm³/mol. The van der Waals surface area contributed by atoms with E-state index < -0.39 is 23.3 Å². The SMILES string of the molecule is CCCc1ccc(CCc2ccc3c(F)c(-c4cc(F)c(F)c(F)c4)ccc3c2)cc1. The van der Waals surface area contributed by atoms with Gasteiger partial charge in [0, 0.05) is 10.9 Å². The van der Waals surface area contributed by atoms with E-state index in [1.807, 2.05) is 12.1 Å². The fourth-order valence-corrected chi connectivity index (χ4v) is 3.88. The molecule has 0 fully saturated rings. The lowest BCUT2D eigenvalue weighted by molar-refractivity contribution is 0.447. The molecule has 0 aromatic heterocycles. The Bertz CT molecular complexity index is 1200. The van der Waals surface area contributed by atoms with Crippen LogP contribution >= 0.6 is 0 Å². The van der Waals surface area contributed by atoms with Crippen LogP contribution in [0.2, 0.25) is 0 Å². The van der Waals surface area contributed by atoms with E-state index in [2.05, 4.69) is 31.2 Å². The number of hydrogen-bond acceptors (Lipinski definition) is 0. The minimum atomic E-state index is -1.56. The molecule has 0 saturated heterocycles. The number of fused-ring (bicyclic) bond motifs is 1. The fraction of sp³-hybridized carbons (Fsp3) is 0.185. The van der Waals surface area contributed by atoms with Crippen molar-refractivity contribution in [3.8, 4) is 11.1 Å². The molecule has 31 heavy (non-hydrogen) atoms. The van der Waals surface area contributed by atoms with Crippen LogP contribution in [0, 0.1) is 23.3 Å². The summed E-state index contributed by atoms with van der Waals surface area (Å²) in [6, 6.07) is 18.9. The molecule has 0 heterocycles. The molecule has 0 unspecified atom stereocenters. The lowest BCUT2D eigenvalue weighted by Gasteiger charge is -2.10. The molecule has 0 aliphatic carbocycles. The lowest BCUT2D eigenvalue weighted by atomic mass is 9.96. The highest BCUT2D eigenvalue weighted by atomic mass is 19.2. The summed E-state index contributed by atoms with van der Waals surface area (Å²) < 4.78 is 55.4. The van der Waals surface area contributed by atoms with Crippen molar-refractivity contribution in [3.05, 3.63) is 107 Å². The molecular formula is C27H22F4. The summed E-state index contributed by atoms with van der Waals surface area (Å²) in [6.07, 6.45) is 3.91. The van der Waals surface area contributed by atoms with Gasteiger partial charge in [0.05, 0.1) is 0 Å². The molecule has 4 heteroatoms. The third-order valence-electron chi connectivity index (χ3n) is 5.58. The highest BCUT2D eigenvalue weighted by Crippen LogP contribution is 2.31. The molecule has 4 aromatic rings. The first-order chi connectivity index (χ1) is 15.0. The third kappa shape index (κ3) is 4.48. The zero-order valence-corrected chi connectivity index (χ0v) is 17.2. The van der Waals surface area contributed by atoms with Crippen LogP contribution in [0.3, 0.4) is 0 Å². The second-order valence-electron chi connectivity index (χ2n) is 7.80. The minimum absolute atomic E-state index is 0.0326. The largest absolute Gasteiger partial charge is 0.206 e. The van der Waals surface area contributed by atoms with Gasteiger partial charge in [-0.05, 0) is 59.0 Å². The molecule has 0 N–H and O–H groups in total. The van der Waals surface area contributed by atoms with E-state index >= 15 is 4.39 Å². The standard InChI is InChI=1S/C27H22F4/c1-2-3-17-4-6-18(7-5-17)8-9-19-10-12-22-20(14-19)11-13-23(26(22)30)21-15-24(28)27(31)25(29)16-21/h4-7,10-16H,2-3,8-9H2,1H3. The van der Waals surface area contributed by atoms with Gasteiger partial charge in [0.15, 0.2) is 17.5 Å². The van der Waals surface area contributed by atoms with Crippen molar-refractivity contribution < 1.29 is 17.6 Å². The monoisotopic (exact) mass is 422 g/mol. The van der Waals surface area contributed by atoms with Gasteiger partial charge in [-0.15, -0.1) is 0 Å². The average molecular weight is 422 g/mol. The van der Waals surface area contributed by atoms with Crippen LogP contribution in [0.4, 0.5) is 17.6 Å². The molecule has 0 bridgehead atoms. The molecule has 158 valence electrons. The Hall–Kier alpha value is -3.14. The highest BCUT2D eigenvalue weighted by Gasteiger charge is 2.15. The highest BCUT2D eigenvalue weighted by molar-refractivity contribution is 5.88. The molecule has 4 rings (SSSR count). The minimum Gasteiger partial charge on any atom is -0.206 e. The third-order valence-corrected chi connectivity index (χ3v) is 5.58. The summed E-state index contributed by atoms with van der Waals surface area (Å²) in [6.45, 7) is 2.16. The summed E-state index contributed by atoms with van der Waals surface area (Å²) in [7, 11) is 0. The number of halogens is 4.